The zero-order chi connectivity index (χ0) is 70.3. The van der Waals surface area contributed by atoms with Gasteiger partial charge in [0.2, 0.25) is 23.4 Å². The van der Waals surface area contributed by atoms with Gasteiger partial charge in [0.15, 0.2) is 0 Å². The molecule has 6 heterocycles. The first kappa shape index (κ1) is 70.0. The molecule has 520 valence electrons. The van der Waals surface area contributed by atoms with Gasteiger partial charge >= 0.3 is 6.09 Å². The van der Waals surface area contributed by atoms with Crippen molar-refractivity contribution in [1.29, 1.82) is 0 Å². The second kappa shape index (κ2) is 29.8. The molecule has 0 bridgehead atoms. The van der Waals surface area contributed by atoms with E-state index in [-0.39, 0.29) is 66.4 Å². The number of nitrogens with two attached hydrogens (primary N) is 1. The van der Waals surface area contributed by atoms with Gasteiger partial charge in [-0.25, -0.2) is 24.7 Å². The number of hydrogen-bond donors (Lipinski definition) is 8. The van der Waals surface area contributed by atoms with Crippen LogP contribution in [0.25, 0.3) is 22.8 Å². The number of carbonyl (C=O) groups is 5. The van der Waals surface area contributed by atoms with Crippen molar-refractivity contribution < 1.29 is 47.2 Å². The Bertz CT molecular complexity index is 4230. The molecular formula is C73H88N16O10. The predicted octanol–water partition coefficient (Wildman–Crippen LogP) is 9.51. The summed E-state index contributed by atoms with van der Waals surface area (Å²) >= 11 is 0. The molecule has 0 spiro atoms. The number of piperidine rings is 2. The van der Waals surface area contributed by atoms with Crippen molar-refractivity contribution in [2.24, 2.45) is 5.73 Å². The summed E-state index contributed by atoms with van der Waals surface area (Å²) in [5, 5.41) is 30.1. The zero-order valence-corrected chi connectivity index (χ0v) is 57.9. The maximum absolute atomic E-state index is 13.9. The highest BCUT2D eigenvalue weighted by Crippen LogP contribution is 2.45. The molecule has 4 aromatic heterocycles. The van der Waals surface area contributed by atoms with Crippen LogP contribution in [-0.4, -0.2) is 155 Å². The van der Waals surface area contributed by atoms with E-state index in [1.54, 1.807) is 83.8 Å². The summed E-state index contributed by atoms with van der Waals surface area (Å²) < 4.78 is 28.1. The second-order valence-corrected chi connectivity index (χ2v) is 27.9. The fourth-order valence-corrected chi connectivity index (χ4v) is 12.8. The van der Waals surface area contributed by atoms with Gasteiger partial charge in [0.05, 0.1) is 37.7 Å². The van der Waals surface area contributed by atoms with Crippen LogP contribution in [0.3, 0.4) is 0 Å². The summed E-state index contributed by atoms with van der Waals surface area (Å²) in [4.78, 5) is 89.2. The normalized spacial score (nSPS) is 16.3. The first-order valence-corrected chi connectivity index (χ1v) is 33.4. The molecule has 99 heavy (non-hydrogen) atoms. The maximum atomic E-state index is 13.9. The van der Waals surface area contributed by atoms with E-state index < -0.39 is 34.5 Å². The molecule has 8 aromatic rings. The molecule has 0 unspecified atom stereocenters. The number of benzene rings is 4. The van der Waals surface area contributed by atoms with Crippen LogP contribution in [0.1, 0.15) is 161 Å². The standard InChI is InChI=1S/C39H48N8O6.C34H40N8O4/c1-38(2,3)52-37(50)41-22-29(23-11-9-8-10-12-23)43-35(49)33-26-20-39(4,5)27-21-40-36(45-32(27)31(26)46-53-33)44-28-14-13-24(19-30(28)51-7)34(48)42-25-15-17-47(6)18-16-25;1-34(2)17-23-28(41-46-30(23)32(44)38-26(18-35)20-8-6-5-7-9-20)29-24(34)19-36-33(40-29)39-25-11-10-21(16-27(25)45-4)31(43)37-22-12-14-42(3)15-13-22/h8-14,19,21,25,29H,15-18,20,22H2,1-7H3,(H,41,50)(H,42,48)(H,43,49)(H,40,44,45);5-11,16,19,22,26H,12-15,17-18,35H2,1-4H3,(H,37,43)(H,38,44)(H,36,39,40)/t29-;26-/m11/s1. The van der Waals surface area contributed by atoms with Crippen molar-refractivity contribution in [3.63, 3.8) is 0 Å². The second-order valence-electron chi connectivity index (χ2n) is 27.9. The molecule has 26 heteroatoms. The number of aromatic nitrogens is 6. The van der Waals surface area contributed by atoms with E-state index in [2.05, 4.69) is 109 Å². The van der Waals surface area contributed by atoms with E-state index in [0.29, 0.717) is 86.7 Å². The number of anilines is 4. The molecule has 0 radical (unpaired) electrons. The molecule has 4 aromatic carbocycles. The van der Waals surface area contributed by atoms with Crippen LogP contribution in [0, 0.1) is 0 Å². The molecule has 9 N–H and O–H groups in total. The van der Waals surface area contributed by atoms with Crippen LogP contribution in [-0.2, 0) is 28.4 Å². The summed E-state index contributed by atoms with van der Waals surface area (Å²) in [5.41, 5.74) is 13.5. The van der Waals surface area contributed by atoms with Crippen molar-refractivity contribution in [3.05, 3.63) is 165 Å². The molecule has 2 aliphatic heterocycles. The lowest BCUT2D eigenvalue weighted by Crippen LogP contribution is -2.43. The number of carbonyl (C=O) groups excluding carboxylic acids is 5. The van der Waals surface area contributed by atoms with Crippen molar-refractivity contribution in [2.45, 2.75) is 128 Å². The molecule has 2 fully saturated rings. The molecule has 2 aliphatic carbocycles. The first-order valence-electron chi connectivity index (χ1n) is 33.4. The minimum Gasteiger partial charge on any atom is -0.495 e. The number of ether oxygens (including phenoxy) is 3. The fourth-order valence-electron chi connectivity index (χ4n) is 12.8. The maximum Gasteiger partial charge on any atom is 0.407 e. The monoisotopic (exact) mass is 1350 g/mol. The molecular weight excluding hydrogens is 1260 g/mol. The Morgan fingerprint density at radius 2 is 1.00 bits per heavy atom. The summed E-state index contributed by atoms with van der Waals surface area (Å²) in [6.45, 7) is 17.7. The van der Waals surface area contributed by atoms with Gasteiger partial charge in [-0.05, 0) is 158 Å². The van der Waals surface area contributed by atoms with E-state index >= 15 is 0 Å². The van der Waals surface area contributed by atoms with Gasteiger partial charge in [-0.15, -0.1) is 0 Å². The average molecular weight is 1350 g/mol. The Balaban J connectivity index is 0.000000202. The van der Waals surface area contributed by atoms with Crippen molar-refractivity contribution in [1.82, 2.24) is 66.6 Å². The Morgan fingerprint density at radius 1 is 0.586 bits per heavy atom. The van der Waals surface area contributed by atoms with E-state index in [9.17, 15) is 24.0 Å². The summed E-state index contributed by atoms with van der Waals surface area (Å²) in [6.07, 6.45) is 7.58. The number of nitrogens with zero attached hydrogens (tertiary/aromatic N) is 8. The Hall–Kier alpha value is -10.3. The van der Waals surface area contributed by atoms with Gasteiger partial charge in [-0.2, -0.15) is 0 Å². The highest BCUT2D eigenvalue weighted by atomic mass is 16.6. The lowest BCUT2D eigenvalue weighted by atomic mass is 9.74. The van der Waals surface area contributed by atoms with Gasteiger partial charge in [0, 0.05) is 70.9 Å². The number of amides is 5. The highest BCUT2D eigenvalue weighted by molar-refractivity contribution is 5.98. The minimum absolute atomic E-state index is 0.0702. The van der Waals surface area contributed by atoms with Crippen LogP contribution in [0.5, 0.6) is 11.5 Å². The smallest absolute Gasteiger partial charge is 0.407 e. The van der Waals surface area contributed by atoms with Crippen LogP contribution in [0.4, 0.5) is 28.1 Å². The molecule has 2 atom stereocenters. The number of rotatable bonds is 19. The molecule has 12 rings (SSSR count). The van der Waals surface area contributed by atoms with E-state index in [1.807, 2.05) is 60.7 Å². The van der Waals surface area contributed by atoms with Crippen molar-refractivity contribution in [3.8, 4) is 34.3 Å². The number of hydrogen-bond acceptors (Lipinski definition) is 21. The van der Waals surface area contributed by atoms with E-state index in [1.165, 1.54) is 0 Å². The molecule has 2 saturated heterocycles. The Labute approximate surface area is 575 Å². The van der Waals surface area contributed by atoms with Crippen LogP contribution < -0.4 is 52.4 Å². The third-order valence-corrected chi connectivity index (χ3v) is 18.3. The average Bonchev–Trinajstić information content (AvgIpc) is 1.71. The van der Waals surface area contributed by atoms with E-state index in [0.717, 1.165) is 74.1 Å². The largest absolute Gasteiger partial charge is 0.495 e. The van der Waals surface area contributed by atoms with Gasteiger partial charge in [-0.3, -0.25) is 19.2 Å². The van der Waals surface area contributed by atoms with E-state index in [4.69, 9.17) is 39.0 Å². The summed E-state index contributed by atoms with van der Waals surface area (Å²) in [6, 6.07) is 28.7. The minimum atomic E-state index is -0.669. The zero-order valence-electron chi connectivity index (χ0n) is 57.9. The molecule has 4 aliphatic rings. The first-order chi connectivity index (χ1) is 47.4. The van der Waals surface area contributed by atoms with Gasteiger partial charge in [0.1, 0.15) is 39.9 Å². The molecule has 0 saturated carbocycles. The third-order valence-electron chi connectivity index (χ3n) is 18.3. The number of likely N-dealkylation sites (tertiary alicyclic amines) is 2. The summed E-state index contributed by atoms with van der Waals surface area (Å²) in [5.74, 6) is 0.596. The van der Waals surface area contributed by atoms with Gasteiger partial charge < -0.3 is 76.0 Å². The summed E-state index contributed by atoms with van der Waals surface area (Å²) in [7, 11) is 7.27. The fraction of sp³-hybridized carbons (Fsp3) is 0.411. The van der Waals surface area contributed by atoms with Crippen LogP contribution in [0.2, 0.25) is 0 Å². The SMILES string of the molecule is COc1cc(C(=O)NC2CCN(C)CC2)ccc1Nc1ncc2c(n1)-c1noc(C(=O)N[C@H](CN)c3ccccc3)c1CC2(C)C.COc1cc(C(=O)NC2CCN(C)CC2)ccc1Nc1ncc2c(n1)-c1noc(C(=O)N[C@H](CNC(=O)OC(C)(C)C)c3ccccc3)c1CC2(C)C. The lowest BCUT2D eigenvalue weighted by molar-refractivity contribution is 0.0518. The topological polar surface area (TPSA) is 333 Å². The predicted molar refractivity (Wildman–Crippen MR) is 374 cm³/mol. The number of methoxy groups -OCH3 is 2. The Kier molecular flexibility index (Phi) is 21.1. The van der Waals surface area contributed by atoms with Crippen LogP contribution in [0.15, 0.2) is 119 Å². The molecule has 5 amide bonds. The number of nitrogens with one attached hydrogen (secondary N) is 7. The third kappa shape index (κ3) is 16.5. The van der Waals surface area contributed by atoms with Gasteiger partial charge in [0.25, 0.3) is 23.6 Å². The number of fused-ring (bicyclic) bond motifs is 6. The van der Waals surface area contributed by atoms with Crippen molar-refractivity contribution in [2.75, 3.05) is 78.2 Å². The van der Waals surface area contributed by atoms with Gasteiger partial charge in [-0.1, -0.05) is 98.7 Å². The quantitative estimate of drug-likeness (QED) is 0.0373. The molecule has 26 nitrogen and oxygen atoms in total. The highest BCUT2D eigenvalue weighted by Gasteiger charge is 2.41. The van der Waals surface area contributed by atoms with Crippen molar-refractivity contribution >= 4 is 53.0 Å². The Morgan fingerprint density at radius 3 is 1.40 bits per heavy atom. The lowest BCUT2D eigenvalue weighted by Gasteiger charge is -2.30. The number of alkyl carbamates (subject to hydrolysis) is 1. The van der Waals surface area contributed by atoms with Crippen LogP contribution >= 0.6 is 0 Å².